The molecular weight excluding hydrogens is 190 g/mol. The van der Waals surface area contributed by atoms with Crippen molar-refractivity contribution in [3.63, 3.8) is 0 Å². The van der Waals surface area contributed by atoms with Crippen molar-refractivity contribution in [3.8, 4) is 0 Å². The average Bonchev–Trinajstić information content (AvgIpc) is 2.12. The third-order valence-corrected chi connectivity index (χ3v) is 2.74. The van der Waals surface area contributed by atoms with E-state index in [9.17, 15) is 0 Å². The van der Waals surface area contributed by atoms with Crippen LogP contribution in [0.5, 0.6) is 0 Å². The molecule has 0 aromatic rings. The quantitative estimate of drug-likeness (QED) is 0.442. The van der Waals surface area contributed by atoms with E-state index < -0.39 is 5.54 Å². The van der Waals surface area contributed by atoms with Gasteiger partial charge in [0, 0.05) is 6.21 Å². The van der Waals surface area contributed by atoms with E-state index in [1.807, 2.05) is 20.8 Å². The van der Waals surface area contributed by atoms with Crippen LogP contribution in [0.1, 0.15) is 27.7 Å². The molecule has 0 saturated heterocycles. The summed E-state index contributed by atoms with van der Waals surface area (Å²) in [5.41, 5.74) is 3.94. The van der Waals surface area contributed by atoms with E-state index in [0.717, 1.165) is 6.21 Å². The predicted octanol–water partition coefficient (Wildman–Crippen LogP) is 1.46. The van der Waals surface area contributed by atoms with Gasteiger partial charge >= 0.3 is 0 Å². The molecule has 0 bridgehead atoms. The van der Waals surface area contributed by atoms with Crippen LogP contribution in [0.2, 0.25) is 0 Å². The second-order valence-electron chi connectivity index (χ2n) is 4.76. The Kier molecular flexibility index (Phi) is 3.66. The van der Waals surface area contributed by atoms with Crippen LogP contribution in [-0.2, 0) is 0 Å². The third kappa shape index (κ3) is 2.56. The first kappa shape index (κ1) is 13.6. The fourth-order valence-electron chi connectivity index (χ4n) is 0.842. The van der Waals surface area contributed by atoms with Gasteiger partial charge in [0.1, 0.15) is 5.71 Å². The van der Waals surface area contributed by atoms with Gasteiger partial charge in [0.25, 0.3) is 0 Å². The van der Waals surface area contributed by atoms with E-state index in [1.54, 1.807) is 6.92 Å². The molecule has 0 heterocycles. The van der Waals surface area contributed by atoms with Crippen molar-refractivity contribution in [2.75, 3.05) is 0 Å². The molecule has 0 aromatic carbocycles. The maximum Gasteiger partial charge on any atom is 0.103 e. The van der Waals surface area contributed by atoms with Gasteiger partial charge in [0.2, 0.25) is 0 Å². The van der Waals surface area contributed by atoms with Gasteiger partial charge in [-0.25, -0.2) is 0 Å². The summed E-state index contributed by atoms with van der Waals surface area (Å²) in [6.07, 6.45) is 0.746. The molecule has 0 aliphatic carbocycles. The van der Waals surface area contributed by atoms with Crippen LogP contribution in [0.4, 0.5) is 0 Å². The molecule has 0 rings (SSSR count). The minimum atomic E-state index is -0.987. The van der Waals surface area contributed by atoms with E-state index in [1.165, 1.54) is 0 Å². The third-order valence-electron chi connectivity index (χ3n) is 2.74. The topological polar surface area (TPSA) is 121 Å². The number of hydrogen-bond acceptors (Lipinski definition) is 5. The second-order valence-corrected chi connectivity index (χ2v) is 4.76. The van der Waals surface area contributed by atoms with Gasteiger partial charge in [-0.2, -0.15) is 0 Å². The van der Waals surface area contributed by atoms with Crippen LogP contribution in [0.3, 0.4) is 0 Å². The van der Waals surface area contributed by atoms with Crippen molar-refractivity contribution in [2.45, 2.75) is 33.2 Å². The second kappa shape index (κ2) is 4.02. The summed E-state index contributed by atoms with van der Waals surface area (Å²) in [4.78, 5) is 0. The average molecular weight is 209 g/mol. The van der Waals surface area contributed by atoms with Crippen LogP contribution >= 0.6 is 0 Å². The maximum atomic E-state index is 7.79. The summed E-state index contributed by atoms with van der Waals surface area (Å²) in [5.74, 6) is 0. The molecule has 0 aliphatic rings. The van der Waals surface area contributed by atoms with Crippen molar-refractivity contribution in [1.82, 2.24) is 0 Å². The van der Waals surface area contributed by atoms with Crippen LogP contribution in [0.15, 0.2) is 0 Å². The van der Waals surface area contributed by atoms with Crippen molar-refractivity contribution >= 4 is 23.3 Å². The molecule has 15 heavy (non-hydrogen) atoms. The highest BCUT2D eigenvalue weighted by atomic mass is 14.8. The van der Waals surface area contributed by atoms with Crippen molar-refractivity contribution in [1.29, 1.82) is 21.6 Å². The van der Waals surface area contributed by atoms with Crippen LogP contribution in [0, 0.1) is 27.1 Å². The lowest BCUT2D eigenvalue weighted by Gasteiger charge is -2.38. The summed E-state index contributed by atoms with van der Waals surface area (Å²) in [7, 11) is 0. The molecule has 0 amide bonds. The molecule has 1 atom stereocenters. The molecule has 0 aliphatic heterocycles. The largest absolute Gasteiger partial charge is 0.320 e. The Hall–Kier alpha value is -1.36. The lowest BCUT2D eigenvalue weighted by Crippen LogP contribution is -2.58. The first-order chi connectivity index (χ1) is 6.55. The van der Waals surface area contributed by atoms with E-state index in [-0.39, 0.29) is 22.6 Å². The standard InChI is InChI=1S/C10H19N5/c1-9(2,3)10(4,15)8(14)7(13)6(12)5-11/h5,11-14H,15H2,1-4H3. The monoisotopic (exact) mass is 209 g/mol. The van der Waals surface area contributed by atoms with E-state index in [2.05, 4.69) is 0 Å². The number of nitrogens with one attached hydrogen (secondary N) is 4. The van der Waals surface area contributed by atoms with Crippen LogP contribution in [0.25, 0.3) is 0 Å². The highest BCUT2D eigenvalue weighted by Crippen LogP contribution is 2.28. The van der Waals surface area contributed by atoms with Crippen LogP contribution in [-0.4, -0.2) is 28.9 Å². The lowest BCUT2D eigenvalue weighted by atomic mass is 9.71. The molecule has 0 fully saturated rings. The van der Waals surface area contributed by atoms with Gasteiger partial charge in [-0.15, -0.1) is 0 Å². The zero-order chi connectivity index (χ0) is 12.4. The van der Waals surface area contributed by atoms with Crippen molar-refractivity contribution < 1.29 is 0 Å². The SMILES string of the molecule is CC(C)(C)C(C)(N)C(=N)C(=N)C(=N)C=N. The minimum absolute atomic E-state index is 0.108. The molecule has 84 valence electrons. The molecule has 5 heteroatoms. The number of hydrogen-bond donors (Lipinski definition) is 5. The van der Waals surface area contributed by atoms with E-state index in [4.69, 9.17) is 27.4 Å². The smallest absolute Gasteiger partial charge is 0.103 e. The van der Waals surface area contributed by atoms with E-state index >= 15 is 0 Å². The minimum Gasteiger partial charge on any atom is -0.320 e. The van der Waals surface area contributed by atoms with Gasteiger partial charge < -0.3 is 16.6 Å². The Balaban J connectivity index is 5.11. The number of rotatable bonds is 4. The Morgan fingerprint density at radius 2 is 1.47 bits per heavy atom. The first-order valence-corrected chi connectivity index (χ1v) is 4.62. The van der Waals surface area contributed by atoms with E-state index in [0.29, 0.717) is 0 Å². The summed E-state index contributed by atoms with van der Waals surface area (Å²) < 4.78 is 0. The number of nitrogens with two attached hydrogens (primary N) is 1. The molecule has 0 spiro atoms. The van der Waals surface area contributed by atoms with Gasteiger partial charge in [0.05, 0.1) is 17.0 Å². The predicted molar refractivity (Wildman–Crippen MR) is 64.0 cm³/mol. The Morgan fingerprint density at radius 3 is 1.73 bits per heavy atom. The fourth-order valence-corrected chi connectivity index (χ4v) is 0.842. The Morgan fingerprint density at radius 1 is 1.07 bits per heavy atom. The molecule has 6 N–H and O–H groups in total. The summed E-state index contributed by atoms with van der Waals surface area (Å²) >= 11 is 0. The summed E-state index contributed by atoms with van der Waals surface area (Å²) in [6.45, 7) is 7.30. The molecule has 0 radical (unpaired) electrons. The molecule has 5 nitrogen and oxygen atoms in total. The van der Waals surface area contributed by atoms with Crippen molar-refractivity contribution in [3.05, 3.63) is 0 Å². The molecule has 0 aromatic heterocycles. The zero-order valence-corrected chi connectivity index (χ0v) is 9.65. The normalized spacial score (nSPS) is 15.3. The Bertz CT molecular complexity index is 319. The zero-order valence-electron chi connectivity index (χ0n) is 9.65. The Labute approximate surface area is 90.1 Å². The molecular formula is C10H19N5. The summed E-state index contributed by atoms with van der Waals surface area (Å²) in [5, 5.41) is 29.5. The lowest BCUT2D eigenvalue weighted by molar-refractivity contribution is 0.284. The maximum absolute atomic E-state index is 7.79. The van der Waals surface area contributed by atoms with Gasteiger partial charge in [-0.1, -0.05) is 20.8 Å². The van der Waals surface area contributed by atoms with Gasteiger partial charge in [-0.05, 0) is 12.3 Å². The fraction of sp³-hybridized carbons (Fsp3) is 0.600. The highest BCUT2D eigenvalue weighted by molar-refractivity contribution is 6.78. The van der Waals surface area contributed by atoms with Crippen LogP contribution < -0.4 is 5.73 Å². The van der Waals surface area contributed by atoms with Crippen molar-refractivity contribution in [2.24, 2.45) is 11.1 Å². The first-order valence-electron chi connectivity index (χ1n) is 4.62. The molecule has 0 saturated carbocycles. The van der Waals surface area contributed by atoms with Gasteiger partial charge in [-0.3, -0.25) is 10.8 Å². The van der Waals surface area contributed by atoms with Gasteiger partial charge in [0.15, 0.2) is 0 Å². The molecule has 1 unspecified atom stereocenters. The highest BCUT2D eigenvalue weighted by Gasteiger charge is 2.39. The summed E-state index contributed by atoms with van der Waals surface area (Å²) in [6, 6.07) is 0.